The smallest absolute Gasteiger partial charge is 0.255 e. The van der Waals surface area contributed by atoms with Gasteiger partial charge in [0.2, 0.25) is 0 Å². The number of hydrogen-bond acceptors (Lipinski definition) is 4. The second kappa shape index (κ2) is 6.22. The summed E-state index contributed by atoms with van der Waals surface area (Å²) in [7, 11) is 1.49. The zero-order chi connectivity index (χ0) is 12.8. The van der Waals surface area contributed by atoms with Crippen LogP contribution in [0.25, 0.3) is 0 Å². The van der Waals surface area contributed by atoms with Gasteiger partial charge < -0.3 is 20.3 Å². The average Bonchev–Trinajstić information content (AvgIpc) is 2.31. The number of aromatic hydroxyl groups is 1. The highest BCUT2D eigenvalue weighted by molar-refractivity contribution is 5.97. The monoisotopic (exact) mass is 239 g/mol. The molecular formula is C12H17NO4. The van der Waals surface area contributed by atoms with E-state index in [-0.39, 0.29) is 24.5 Å². The van der Waals surface area contributed by atoms with Gasteiger partial charge in [0.25, 0.3) is 5.91 Å². The quantitative estimate of drug-likeness (QED) is 0.696. The molecule has 1 atom stereocenters. The van der Waals surface area contributed by atoms with E-state index >= 15 is 0 Å². The molecule has 0 aliphatic rings. The van der Waals surface area contributed by atoms with Crippen LogP contribution in [-0.2, 0) is 4.74 Å². The molecule has 0 saturated heterocycles. The Hall–Kier alpha value is -1.59. The Morgan fingerprint density at radius 2 is 2.24 bits per heavy atom. The Labute approximate surface area is 100 Å². The number of phenols is 1. The molecule has 0 aromatic heterocycles. The largest absolute Gasteiger partial charge is 0.507 e. The van der Waals surface area contributed by atoms with Crippen LogP contribution in [0.4, 0.5) is 0 Å². The number of ether oxygens (including phenoxy) is 1. The van der Waals surface area contributed by atoms with Gasteiger partial charge in [-0.05, 0) is 18.6 Å². The summed E-state index contributed by atoms with van der Waals surface area (Å²) in [5, 5.41) is 21.3. The molecule has 0 bridgehead atoms. The first-order valence-corrected chi connectivity index (χ1v) is 5.29. The number of aryl methyl sites for hydroxylation is 1. The molecule has 3 N–H and O–H groups in total. The molecule has 1 rings (SSSR count). The van der Waals surface area contributed by atoms with Gasteiger partial charge in [-0.1, -0.05) is 12.1 Å². The Bertz CT molecular complexity index is 392. The fourth-order valence-electron chi connectivity index (χ4n) is 1.45. The number of rotatable bonds is 5. The fraction of sp³-hybridized carbons (Fsp3) is 0.417. The van der Waals surface area contributed by atoms with Gasteiger partial charge in [-0.25, -0.2) is 0 Å². The van der Waals surface area contributed by atoms with E-state index in [1.165, 1.54) is 13.2 Å². The molecule has 5 heteroatoms. The summed E-state index contributed by atoms with van der Waals surface area (Å²) >= 11 is 0. The van der Waals surface area contributed by atoms with Crippen molar-refractivity contribution in [1.29, 1.82) is 0 Å². The zero-order valence-corrected chi connectivity index (χ0v) is 9.93. The van der Waals surface area contributed by atoms with Gasteiger partial charge in [0.05, 0.1) is 24.8 Å². The van der Waals surface area contributed by atoms with Crippen LogP contribution in [0.5, 0.6) is 5.75 Å². The predicted molar refractivity (Wildman–Crippen MR) is 63.1 cm³/mol. The van der Waals surface area contributed by atoms with E-state index in [4.69, 9.17) is 9.84 Å². The molecule has 1 aromatic carbocycles. The van der Waals surface area contributed by atoms with Crippen molar-refractivity contribution in [3.63, 3.8) is 0 Å². The maximum Gasteiger partial charge on any atom is 0.255 e. The Balaban J connectivity index is 2.79. The highest BCUT2D eigenvalue weighted by Gasteiger charge is 2.16. The van der Waals surface area contributed by atoms with Crippen molar-refractivity contribution in [1.82, 2.24) is 5.32 Å². The van der Waals surface area contributed by atoms with E-state index in [1.54, 1.807) is 19.1 Å². The Kier molecular flexibility index (Phi) is 4.93. The van der Waals surface area contributed by atoms with Gasteiger partial charge in [-0.15, -0.1) is 0 Å². The number of nitrogens with one attached hydrogen (secondary N) is 1. The molecule has 0 heterocycles. The summed E-state index contributed by atoms with van der Waals surface area (Å²) in [6.45, 7) is 1.71. The summed E-state index contributed by atoms with van der Waals surface area (Å²) in [6, 6.07) is 4.45. The highest BCUT2D eigenvalue weighted by atomic mass is 16.5. The van der Waals surface area contributed by atoms with Crippen molar-refractivity contribution in [2.24, 2.45) is 0 Å². The van der Waals surface area contributed by atoms with Gasteiger partial charge in [-0.3, -0.25) is 4.79 Å². The van der Waals surface area contributed by atoms with Gasteiger partial charge in [-0.2, -0.15) is 0 Å². The number of carbonyl (C=O) groups excluding carboxylic acids is 1. The molecule has 0 spiro atoms. The molecule has 17 heavy (non-hydrogen) atoms. The maximum atomic E-state index is 11.8. The molecule has 94 valence electrons. The Morgan fingerprint density at radius 1 is 1.53 bits per heavy atom. The first-order valence-electron chi connectivity index (χ1n) is 5.29. The summed E-state index contributed by atoms with van der Waals surface area (Å²) in [5.41, 5.74) is 0.824. The SMILES string of the molecule is COCC(CO)NC(=O)c1cccc(C)c1O. The minimum Gasteiger partial charge on any atom is -0.507 e. The highest BCUT2D eigenvalue weighted by Crippen LogP contribution is 2.21. The minimum absolute atomic E-state index is 0.0425. The van der Waals surface area contributed by atoms with E-state index in [0.717, 1.165) is 0 Å². The number of para-hydroxylation sites is 1. The number of hydrogen-bond donors (Lipinski definition) is 3. The zero-order valence-electron chi connectivity index (χ0n) is 9.93. The Morgan fingerprint density at radius 3 is 2.82 bits per heavy atom. The van der Waals surface area contributed by atoms with Crippen molar-refractivity contribution >= 4 is 5.91 Å². The van der Waals surface area contributed by atoms with Gasteiger partial charge in [0, 0.05) is 7.11 Å². The van der Waals surface area contributed by atoms with Crippen LogP contribution in [0.1, 0.15) is 15.9 Å². The fourth-order valence-corrected chi connectivity index (χ4v) is 1.45. The van der Waals surface area contributed by atoms with E-state index in [2.05, 4.69) is 5.32 Å². The predicted octanol–water partition coefficient (Wildman–Crippen LogP) is 0.438. The van der Waals surface area contributed by atoms with Crippen LogP contribution in [0, 0.1) is 6.92 Å². The molecule has 5 nitrogen and oxygen atoms in total. The normalized spacial score (nSPS) is 12.2. The standard InChI is InChI=1S/C12H17NO4/c1-8-4-3-5-10(11(8)15)12(16)13-9(6-14)7-17-2/h3-5,9,14-15H,6-7H2,1-2H3,(H,13,16). The van der Waals surface area contributed by atoms with Gasteiger partial charge in [0.15, 0.2) is 0 Å². The molecule has 0 aliphatic heterocycles. The average molecular weight is 239 g/mol. The topological polar surface area (TPSA) is 78.8 Å². The number of benzene rings is 1. The lowest BCUT2D eigenvalue weighted by molar-refractivity contribution is 0.0837. The molecule has 0 fully saturated rings. The summed E-state index contributed by atoms with van der Waals surface area (Å²) < 4.78 is 4.85. The van der Waals surface area contributed by atoms with Crippen molar-refractivity contribution in [3.8, 4) is 5.75 Å². The molecule has 0 aliphatic carbocycles. The van der Waals surface area contributed by atoms with E-state index in [1.807, 2.05) is 0 Å². The number of amides is 1. The first kappa shape index (κ1) is 13.5. The van der Waals surface area contributed by atoms with E-state index in [9.17, 15) is 9.90 Å². The molecule has 1 unspecified atom stereocenters. The van der Waals surface area contributed by atoms with Crippen molar-refractivity contribution in [2.45, 2.75) is 13.0 Å². The summed E-state index contributed by atoms with van der Waals surface area (Å²) in [6.07, 6.45) is 0. The molecular weight excluding hydrogens is 222 g/mol. The van der Waals surface area contributed by atoms with Gasteiger partial charge >= 0.3 is 0 Å². The summed E-state index contributed by atoms with van der Waals surface area (Å²) in [4.78, 5) is 11.8. The van der Waals surface area contributed by atoms with Crippen LogP contribution in [0.15, 0.2) is 18.2 Å². The second-order valence-electron chi connectivity index (χ2n) is 3.78. The molecule has 1 amide bonds. The first-order chi connectivity index (χ1) is 8.10. The van der Waals surface area contributed by atoms with E-state index < -0.39 is 11.9 Å². The van der Waals surface area contributed by atoms with Crippen molar-refractivity contribution in [3.05, 3.63) is 29.3 Å². The molecule has 0 saturated carbocycles. The second-order valence-corrected chi connectivity index (χ2v) is 3.78. The lowest BCUT2D eigenvalue weighted by Crippen LogP contribution is -2.40. The molecule has 0 radical (unpaired) electrons. The lowest BCUT2D eigenvalue weighted by Gasteiger charge is -2.16. The maximum absolute atomic E-state index is 11.8. The van der Waals surface area contributed by atoms with Crippen molar-refractivity contribution < 1.29 is 19.7 Å². The third kappa shape index (κ3) is 3.44. The summed E-state index contributed by atoms with van der Waals surface area (Å²) in [5.74, 6) is -0.471. The number of carbonyl (C=O) groups is 1. The number of methoxy groups -OCH3 is 1. The third-order valence-corrected chi connectivity index (χ3v) is 2.41. The van der Waals surface area contributed by atoms with E-state index in [0.29, 0.717) is 5.56 Å². The van der Waals surface area contributed by atoms with Crippen LogP contribution in [0.3, 0.4) is 0 Å². The van der Waals surface area contributed by atoms with Crippen LogP contribution < -0.4 is 5.32 Å². The van der Waals surface area contributed by atoms with Gasteiger partial charge in [0.1, 0.15) is 5.75 Å². The number of aliphatic hydroxyl groups excluding tert-OH is 1. The lowest BCUT2D eigenvalue weighted by atomic mass is 10.1. The van der Waals surface area contributed by atoms with Crippen molar-refractivity contribution in [2.75, 3.05) is 20.3 Å². The van der Waals surface area contributed by atoms with Crippen LogP contribution in [0.2, 0.25) is 0 Å². The number of aliphatic hydroxyl groups is 1. The third-order valence-electron chi connectivity index (χ3n) is 2.41. The number of phenolic OH excluding ortho intramolecular Hbond substituents is 1. The molecule has 1 aromatic rings. The minimum atomic E-state index is -0.479. The van der Waals surface area contributed by atoms with Crippen LogP contribution >= 0.6 is 0 Å². The van der Waals surface area contributed by atoms with Crippen LogP contribution in [-0.4, -0.2) is 42.5 Å².